The molecule has 0 spiro atoms. The van der Waals surface area contributed by atoms with Crippen LogP contribution in [0.15, 0.2) is 30.1 Å². The molecule has 7 nitrogen and oxygen atoms in total. The highest BCUT2D eigenvalue weighted by Gasteiger charge is 2.21. The number of benzene rings is 1. The van der Waals surface area contributed by atoms with Gasteiger partial charge in [0.25, 0.3) is 0 Å². The van der Waals surface area contributed by atoms with Gasteiger partial charge in [0, 0.05) is 37.7 Å². The molecule has 2 aliphatic rings. The molecule has 1 aromatic carbocycles. The number of phenolic OH excluding ortho intramolecular Hbond substituents is 1. The summed E-state index contributed by atoms with van der Waals surface area (Å²) in [5, 5.41) is 10.5. The Morgan fingerprint density at radius 1 is 1.03 bits per heavy atom. The van der Waals surface area contributed by atoms with E-state index in [-0.39, 0.29) is 41.7 Å². The van der Waals surface area contributed by atoms with Crippen LogP contribution in [0, 0.1) is 0 Å². The third kappa shape index (κ3) is 6.13. The molecule has 0 saturated carbocycles. The predicted octanol–water partition coefficient (Wildman–Crippen LogP) is 2.51. The molecule has 1 saturated heterocycles. The SMILES string of the molecule is O.O.O=C1CCC/C=C/c2cc(N3CCCC3)cc(O)c2C(=O)OCC/C=C\1F. The lowest BCUT2D eigenvalue weighted by Crippen LogP contribution is -2.18. The summed E-state index contributed by atoms with van der Waals surface area (Å²) in [4.78, 5) is 26.3. The predicted molar refractivity (Wildman–Crippen MR) is 109 cm³/mol. The van der Waals surface area contributed by atoms with Crippen LogP contribution in [-0.4, -0.2) is 47.5 Å². The van der Waals surface area contributed by atoms with Crippen LogP contribution in [0.1, 0.15) is 54.4 Å². The molecule has 0 atom stereocenters. The Balaban J connectivity index is 0.00000210. The summed E-state index contributed by atoms with van der Waals surface area (Å²) in [6, 6.07) is 3.48. The fourth-order valence-corrected chi connectivity index (χ4v) is 3.38. The molecule has 29 heavy (non-hydrogen) atoms. The molecular weight excluding hydrogens is 381 g/mol. The summed E-state index contributed by atoms with van der Waals surface area (Å²) in [6.07, 6.45) is 8.30. The van der Waals surface area contributed by atoms with Gasteiger partial charge in [0.05, 0.1) is 6.61 Å². The highest BCUT2D eigenvalue weighted by Crippen LogP contribution is 2.32. The van der Waals surface area contributed by atoms with Crippen molar-refractivity contribution in [2.75, 3.05) is 24.6 Å². The van der Waals surface area contributed by atoms with E-state index in [1.54, 1.807) is 12.1 Å². The van der Waals surface area contributed by atoms with Crippen LogP contribution >= 0.6 is 0 Å². The molecular formula is C21H28FNO6. The second kappa shape index (κ2) is 11.3. The van der Waals surface area contributed by atoms with E-state index < -0.39 is 17.6 Å². The molecule has 3 rings (SSSR count). The number of anilines is 1. The number of hydrogen-bond donors (Lipinski definition) is 1. The number of carbonyl (C=O) groups is 2. The van der Waals surface area contributed by atoms with Gasteiger partial charge in [-0.1, -0.05) is 12.2 Å². The first kappa shape index (κ1) is 24.3. The van der Waals surface area contributed by atoms with E-state index in [4.69, 9.17) is 4.74 Å². The molecule has 0 radical (unpaired) electrons. The normalized spacial score (nSPS) is 20.9. The number of allylic oxidation sites excluding steroid dienone is 2. The van der Waals surface area contributed by atoms with Crippen LogP contribution in [0.3, 0.4) is 0 Å². The summed E-state index contributed by atoms with van der Waals surface area (Å²) in [7, 11) is 0. The molecule has 2 heterocycles. The van der Waals surface area contributed by atoms with Crippen LogP contribution in [0.25, 0.3) is 6.08 Å². The minimum Gasteiger partial charge on any atom is -0.507 e. The summed E-state index contributed by atoms with van der Waals surface area (Å²) >= 11 is 0. The van der Waals surface area contributed by atoms with E-state index in [0.29, 0.717) is 18.4 Å². The smallest absolute Gasteiger partial charge is 0.342 e. The van der Waals surface area contributed by atoms with Crippen LogP contribution in [0.2, 0.25) is 0 Å². The molecule has 5 N–H and O–H groups in total. The number of cyclic esters (lactones) is 1. The summed E-state index contributed by atoms with van der Waals surface area (Å²) in [5.74, 6) is -2.09. The fraction of sp³-hybridized carbons (Fsp3) is 0.429. The van der Waals surface area contributed by atoms with Crippen LogP contribution in [0.5, 0.6) is 5.75 Å². The van der Waals surface area contributed by atoms with Crippen molar-refractivity contribution in [3.05, 3.63) is 41.2 Å². The highest BCUT2D eigenvalue weighted by atomic mass is 19.1. The third-order valence-corrected chi connectivity index (χ3v) is 4.82. The molecule has 0 aromatic heterocycles. The average molecular weight is 409 g/mol. The second-order valence-corrected chi connectivity index (χ2v) is 6.82. The van der Waals surface area contributed by atoms with Crippen molar-refractivity contribution >= 4 is 23.5 Å². The van der Waals surface area contributed by atoms with Gasteiger partial charge in [-0.2, -0.15) is 0 Å². The zero-order valence-electron chi connectivity index (χ0n) is 16.2. The van der Waals surface area contributed by atoms with E-state index in [9.17, 15) is 19.1 Å². The standard InChI is InChI=1S/C21H24FNO4.2H2O/c22-17-8-6-12-27-21(26)20-15(7-2-1-3-9-18(17)24)13-16(14-19(20)25)23-10-4-5-11-23;;/h2,7-8,13-14,25H,1,3-6,9-12H2;2*1H2/b7-2+,17-8+;;. The Morgan fingerprint density at radius 3 is 2.48 bits per heavy atom. The maximum atomic E-state index is 13.6. The number of carbonyl (C=O) groups excluding carboxylic acids is 2. The first-order valence-electron chi connectivity index (χ1n) is 9.41. The number of phenols is 1. The van der Waals surface area contributed by atoms with Crippen LogP contribution in [0.4, 0.5) is 10.1 Å². The molecule has 0 amide bonds. The van der Waals surface area contributed by atoms with E-state index in [1.807, 2.05) is 12.1 Å². The Labute approximate surface area is 169 Å². The third-order valence-electron chi connectivity index (χ3n) is 4.82. The van der Waals surface area contributed by atoms with Gasteiger partial charge in [-0.3, -0.25) is 4.79 Å². The fourth-order valence-electron chi connectivity index (χ4n) is 3.38. The number of Topliss-reactive ketones (excluding diaryl/α,β-unsaturated/α-hetero) is 1. The quantitative estimate of drug-likeness (QED) is 0.712. The van der Waals surface area contributed by atoms with Gasteiger partial charge >= 0.3 is 5.97 Å². The molecule has 160 valence electrons. The summed E-state index contributed by atoms with van der Waals surface area (Å²) < 4.78 is 18.8. The number of esters is 1. The second-order valence-electron chi connectivity index (χ2n) is 6.82. The van der Waals surface area contributed by atoms with Crippen LogP contribution < -0.4 is 4.90 Å². The first-order chi connectivity index (χ1) is 13.1. The number of fused-ring (bicyclic) bond motifs is 1. The Bertz CT molecular complexity index is 784. The van der Waals surface area contributed by atoms with Crippen molar-refractivity contribution in [2.45, 2.75) is 38.5 Å². The van der Waals surface area contributed by atoms with Gasteiger partial charge in [-0.25, -0.2) is 9.18 Å². The Morgan fingerprint density at radius 2 is 1.76 bits per heavy atom. The Hall–Kier alpha value is -2.71. The van der Waals surface area contributed by atoms with Gasteiger partial charge in [0.2, 0.25) is 0 Å². The molecule has 0 unspecified atom stereocenters. The van der Waals surface area contributed by atoms with E-state index in [1.165, 1.54) is 0 Å². The van der Waals surface area contributed by atoms with Crippen molar-refractivity contribution in [2.24, 2.45) is 0 Å². The maximum absolute atomic E-state index is 13.6. The van der Waals surface area contributed by atoms with Crippen molar-refractivity contribution in [3.8, 4) is 5.75 Å². The first-order valence-corrected chi connectivity index (χ1v) is 9.41. The largest absolute Gasteiger partial charge is 0.507 e. The zero-order valence-corrected chi connectivity index (χ0v) is 16.2. The average Bonchev–Trinajstić information content (AvgIpc) is 3.18. The summed E-state index contributed by atoms with van der Waals surface area (Å²) in [6.45, 7) is 1.79. The lowest BCUT2D eigenvalue weighted by atomic mass is 10.0. The highest BCUT2D eigenvalue weighted by molar-refractivity contribution is 5.97. The minimum absolute atomic E-state index is 0. The van der Waals surface area contributed by atoms with Gasteiger partial charge in [0.1, 0.15) is 11.3 Å². The lowest BCUT2D eigenvalue weighted by molar-refractivity contribution is -0.117. The number of ether oxygens (including phenoxy) is 1. The van der Waals surface area contributed by atoms with Crippen molar-refractivity contribution in [1.82, 2.24) is 0 Å². The van der Waals surface area contributed by atoms with Crippen molar-refractivity contribution < 1.29 is 34.8 Å². The number of ketones is 1. The molecule has 2 aliphatic heterocycles. The number of halogens is 1. The van der Waals surface area contributed by atoms with E-state index in [2.05, 4.69) is 4.90 Å². The number of nitrogens with zero attached hydrogens (tertiary/aromatic N) is 1. The van der Waals surface area contributed by atoms with Crippen molar-refractivity contribution in [3.63, 3.8) is 0 Å². The number of hydrogen-bond acceptors (Lipinski definition) is 5. The lowest BCUT2D eigenvalue weighted by Gasteiger charge is -2.20. The monoisotopic (exact) mass is 409 g/mol. The molecule has 0 bridgehead atoms. The van der Waals surface area contributed by atoms with E-state index >= 15 is 0 Å². The van der Waals surface area contributed by atoms with Gasteiger partial charge < -0.3 is 25.7 Å². The number of aromatic hydroxyl groups is 1. The molecule has 8 heteroatoms. The maximum Gasteiger partial charge on any atom is 0.342 e. The topological polar surface area (TPSA) is 130 Å². The molecule has 1 aromatic rings. The van der Waals surface area contributed by atoms with Gasteiger partial charge in [0.15, 0.2) is 11.6 Å². The minimum atomic E-state index is -0.786. The Kier molecular flexibility index (Phi) is 9.50. The van der Waals surface area contributed by atoms with Gasteiger partial charge in [-0.15, -0.1) is 0 Å². The van der Waals surface area contributed by atoms with Gasteiger partial charge in [-0.05, 0) is 43.4 Å². The molecule has 1 fully saturated rings. The van der Waals surface area contributed by atoms with Crippen molar-refractivity contribution in [1.29, 1.82) is 0 Å². The molecule has 0 aliphatic carbocycles. The van der Waals surface area contributed by atoms with E-state index in [0.717, 1.165) is 37.7 Å². The zero-order chi connectivity index (χ0) is 19.2. The number of rotatable bonds is 1. The summed E-state index contributed by atoms with van der Waals surface area (Å²) in [5.41, 5.74) is 1.58. The van der Waals surface area contributed by atoms with Crippen LogP contribution in [-0.2, 0) is 9.53 Å².